The fraction of sp³-hybridized carbons (Fsp3) is 0.901. The van der Waals surface area contributed by atoms with Gasteiger partial charge in [0.05, 0.1) is 26.4 Å². The number of allylic oxidation sites excluding steroid dienone is 4. The smallest absolute Gasteiger partial charge is 0.462 e. The van der Waals surface area contributed by atoms with E-state index in [2.05, 4.69) is 58.9 Å². The largest absolute Gasteiger partial charge is 0.472 e. The van der Waals surface area contributed by atoms with Gasteiger partial charge in [0.15, 0.2) is 12.2 Å². The molecule has 0 aliphatic carbocycles. The summed E-state index contributed by atoms with van der Waals surface area (Å²) in [4.78, 5) is 73.0. The van der Waals surface area contributed by atoms with E-state index in [9.17, 15) is 43.2 Å². The normalized spacial score (nSPS) is 14.0. The van der Waals surface area contributed by atoms with E-state index < -0.39 is 97.5 Å². The van der Waals surface area contributed by atoms with E-state index >= 15 is 0 Å². The molecule has 0 aliphatic rings. The minimum Gasteiger partial charge on any atom is -0.462 e. The summed E-state index contributed by atoms with van der Waals surface area (Å²) in [5, 5.41) is 10.6. The number of hydrogen-bond acceptors (Lipinski definition) is 15. The predicted octanol–water partition coefficient (Wildman–Crippen LogP) is 24.0. The van der Waals surface area contributed by atoms with E-state index in [0.717, 1.165) is 109 Å². The summed E-state index contributed by atoms with van der Waals surface area (Å²) in [6, 6.07) is 0. The highest BCUT2D eigenvalue weighted by Gasteiger charge is 2.30. The molecular weight excluding hydrogens is 1310 g/mol. The first-order valence-corrected chi connectivity index (χ1v) is 44.4. The van der Waals surface area contributed by atoms with Gasteiger partial charge in [0.2, 0.25) is 0 Å². The number of aliphatic hydroxyl groups excluding tert-OH is 1. The number of rotatable bonds is 79. The van der Waals surface area contributed by atoms with Gasteiger partial charge >= 0.3 is 39.5 Å². The van der Waals surface area contributed by atoms with Crippen LogP contribution in [0, 0.1) is 5.92 Å². The first-order valence-electron chi connectivity index (χ1n) is 41.5. The molecule has 0 heterocycles. The van der Waals surface area contributed by atoms with Gasteiger partial charge in [0.25, 0.3) is 0 Å². The average Bonchev–Trinajstić information content (AvgIpc) is 0.935. The van der Waals surface area contributed by atoms with Gasteiger partial charge in [-0.05, 0) is 57.3 Å². The number of ether oxygens (including phenoxy) is 4. The minimum atomic E-state index is -4.97. The van der Waals surface area contributed by atoms with Crippen LogP contribution < -0.4 is 0 Å². The van der Waals surface area contributed by atoms with Crippen molar-refractivity contribution in [3.8, 4) is 0 Å². The quantitative estimate of drug-likeness (QED) is 0.0169. The number of esters is 4. The lowest BCUT2D eigenvalue weighted by atomic mass is 10.0. The fourth-order valence-electron chi connectivity index (χ4n) is 12.0. The van der Waals surface area contributed by atoms with E-state index in [1.165, 1.54) is 218 Å². The van der Waals surface area contributed by atoms with Crippen molar-refractivity contribution in [1.82, 2.24) is 0 Å². The molecule has 0 saturated heterocycles. The molecule has 0 bridgehead atoms. The van der Waals surface area contributed by atoms with Crippen LogP contribution in [-0.2, 0) is 65.4 Å². The molecule has 100 heavy (non-hydrogen) atoms. The molecule has 0 rings (SSSR count). The van der Waals surface area contributed by atoms with Crippen molar-refractivity contribution in [1.29, 1.82) is 0 Å². The Kier molecular flexibility index (Phi) is 71.6. The Hall–Kier alpha value is -2.46. The zero-order chi connectivity index (χ0) is 73.4. The number of unbranched alkanes of at least 4 members (excludes halogenated alkanes) is 48. The third kappa shape index (κ3) is 73.8. The molecule has 0 fully saturated rings. The maximum Gasteiger partial charge on any atom is 0.472 e. The Morgan fingerprint density at radius 3 is 0.820 bits per heavy atom. The predicted molar refractivity (Wildman–Crippen MR) is 409 cm³/mol. The number of aliphatic hydroxyl groups is 1. The molecule has 0 saturated carbocycles. The van der Waals surface area contributed by atoms with Crippen LogP contribution >= 0.6 is 15.6 Å². The van der Waals surface area contributed by atoms with E-state index in [1.807, 2.05) is 0 Å². The number of phosphoric acid groups is 2. The first-order chi connectivity index (χ1) is 48.5. The molecule has 2 unspecified atom stereocenters. The Morgan fingerprint density at radius 2 is 0.540 bits per heavy atom. The van der Waals surface area contributed by atoms with Gasteiger partial charge in [-0.25, -0.2) is 9.13 Å². The van der Waals surface area contributed by atoms with Gasteiger partial charge in [0.1, 0.15) is 19.3 Å². The lowest BCUT2D eigenvalue weighted by Gasteiger charge is -2.21. The second-order valence-electron chi connectivity index (χ2n) is 29.0. The summed E-state index contributed by atoms with van der Waals surface area (Å²) < 4.78 is 68.7. The summed E-state index contributed by atoms with van der Waals surface area (Å²) in [7, 11) is -9.93. The maximum absolute atomic E-state index is 13.1. The molecule has 5 atom stereocenters. The highest BCUT2D eigenvalue weighted by Crippen LogP contribution is 2.45. The van der Waals surface area contributed by atoms with E-state index in [-0.39, 0.29) is 25.7 Å². The van der Waals surface area contributed by atoms with Crippen LogP contribution in [0.25, 0.3) is 0 Å². The summed E-state index contributed by atoms with van der Waals surface area (Å²) in [5.41, 5.74) is 0. The first kappa shape index (κ1) is 97.5. The molecule has 17 nitrogen and oxygen atoms in total. The number of hydrogen-bond donors (Lipinski definition) is 3. The van der Waals surface area contributed by atoms with Gasteiger partial charge in [-0.15, -0.1) is 0 Å². The highest BCUT2D eigenvalue weighted by molar-refractivity contribution is 7.47. The van der Waals surface area contributed by atoms with Gasteiger partial charge in [-0.2, -0.15) is 0 Å². The lowest BCUT2D eigenvalue weighted by molar-refractivity contribution is -0.161. The Bertz CT molecular complexity index is 2000. The number of carbonyl (C=O) groups excluding carboxylic acids is 4. The molecule has 0 radical (unpaired) electrons. The molecule has 19 heteroatoms. The summed E-state index contributed by atoms with van der Waals surface area (Å²) in [6.07, 6.45) is 67.4. The molecule has 0 amide bonds. The van der Waals surface area contributed by atoms with Crippen molar-refractivity contribution in [3.63, 3.8) is 0 Å². The molecule has 3 N–H and O–H groups in total. The lowest BCUT2D eigenvalue weighted by Crippen LogP contribution is -2.30. The second kappa shape index (κ2) is 73.4. The van der Waals surface area contributed by atoms with Crippen molar-refractivity contribution >= 4 is 39.5 Å². The summed E-state index contributed by atoms with van der Waals surface area (Å²) >= 11 is 0. The van der Waals surface area contributed by atoms with Crippen LogP contribution in [0.4, 0.5) is 0 Å². The molecule has 590 valence electrons. The van der Waals surface area contributed by atoms with Crippen LogP contribution in [-0.4, -0.2) is 96.7 Å². The summed E-state index contributed by atoms with van der Waals surface area (Å²) in [6.45, 7) is 7.23. The van der Waals surface area contributed by atoms with Crippen molar-refractivity contribution < 1.29 is 80.2 Å². The third-order valence-electron chi connectivity index (χ3n) is 18.4. The monoisotopic (exact) mass is 1460 g/mol. The van der Waals surface area contributed by atoms with Crippen LogP contribution in [0.15, 0.2) is 24.3 Å². The highest BCUT2D eigenvalue weighted by atomic mass is 31.2. The zero-order valence-electron chi connectivity index (χ0n) is 64.8. The van der Waals surface area contributed by atoms with Gasteiger partial charge in [-0.1, -0.05) is 354 Å². The van der Waals surface area contributed by atoms with E-state index in [0.29, 0.717) is 25.7 Å². The average molecular weight is 1460 g/mol. The van der Waals surface area contributed by atoms with Gasteiger partial charge in [0, 0.05) is 25.7 Å². The standard InChI is InChI=1S/C81H154O17P2/c1-6-9-12-15-18-21-24-27-30-32-35-37-40-43-49-54-59-64-78(83)91-70-76(97-80(85)67-62-57-52-45-42-39-36-33-31-28-25-22-19-16-13-10-7-2)72-95-99(87,88)93-68-75(82)69-94-100(89,90)96-73-77(71-92-79(84)65-60-55-50-47-46-48-53-58-63-74(4)5)98-81(86)66-61-56-51-44-41-38-34-29-26-23-20-17-14-11-8-3/h23,26,29,34,74-77,82H,6-22,24-25,27-28,30-33,35-73H2,1-5H3,(H,87,88)(H,89,90)/b26-23-,34-29-/t75-,76-,77-/m1/s1. The SMILES string of the molecule is CCCCCC/C=C\C=C/CCCCCCCC(=O)O[C@H](COC(=O)CCCCCCCCCCC(C)C)COP(=O)(O)OC[C@H](O)COP(=O)(O)OC[C@@H](COC(=O)CCCCCCCCCCCCCCCCCCC)OC(=O)CCCCCCCCCCCCCCCCCCC. The van der Waals surface area contributed by atoms with Crippen molar-refractivity contribution in [3.05, 3.63) is 24.3 Å². The van der Waals surface area contributed by atoms with Crippen molar-refractivity contribution in [2.45, 2.75) is 425 Å². The Balaban J connectivity index is 5.28. The van der Waals surface area contributed by atoms with Gasteiger partial charge in [-0.3, -0.25) is 37.3 Å². The molecule has 0 spiro atoms. The molecule has 0 aromatic carbocycles. The fourth-order valence-corrected chi connectivity index (χ4v) is 13.6. The van der Waals surface area contributed by atoms with E-state index in [4.69, 9.17) is 37.0 Å². The van der Waals surface area contributed by atoms with Crippen LogP contribution in [0.1, 0.15) is 407 Å². The number of carbonyl (C=O) groups is 4. The van der Waals surface area contributed by atoms with Crippen LogP contribution in [0.5, 0.6) is 0 Å². The van der Waals surface area contributed by atoms with Crippen LogP contribution in [0.3, 0.4) is 0 Å². The molecule has 0 aromatic rings. The second-order valence-corrected chi connectivity index (χ2v) is 31.9. The Labute approximate surface area is 612 Å². The maximum atomic E-state index is 13.1. The van der Waals surface area contributed by atoms with Crippen molar-refractivity contribution in [2.24, 2.45) is 5.92 Å². The van der Waals surface area contributed by atoms with Crippen molar-refractivity contribution in [2.75, 3.05) is 39.6 Å². The molecular formula is C81H154O17P2. The third-order valence-corrected chi connectivity index (χ3v) is 20.3. The summed E-state index contributed by atoms with van der Waals surface area (Å²) in [5.74, 6) is -1.41. The number of phosphoric ester groups is 2. The zero-order valence-corrected chi connectivity index (χ0v) is 66.6. The minimum absolute atomic E-state index is 0.0849. The van der Waals surface area contributed by atoms with Crippen LogP contribution in [0.2, 0.25) is 0 Å². The topological polar surface area (TPSA) is 237 Å². The van der Waals surface area contributed by atoms with E-state index in [1.54, 1.807) is 0 Å². The Morgan fingerprint density at radius 1 is 0.310 bits per heavy atom. The molecule has 0 aromatic heterocycles. The molecule has 0 aliphatic heterocycles. The van der Waals surface area contributed by atoms with Gasteiger partial charge < -0.3 is 33.8 Å².